The maximum Gasteiger partial charge on any atom is 0.414 e. The number of hydrogen-bond acceptors (Lipinski definition) is 6. The van der Waals surface area contributed by atoms with E-state index in [2.05, 4.69) is 5.18 Å². The fraction of sp³-hybridized carbons (Fsp3) is 0.316. The van der Waals surface area contributed by atoms with Crippen LogP contribution >= 0.6 is 11.6 Å². The maximum absolute atomic E-state index is 13.0. The molecule has 1 saturated heterocycles. The Kier molecular flexibility index (Phi) is 5.28. The molecule has 8 nitrogen and oxygen atoms in total. The number of anilines is 1. The lowest BCUT2D eigenvalue weighted by Crippen LogP contribution is -2.50. The van der Waals surface area contributed by atoms with Gasteiger partial charge in [-0.1, -0.05) is 23.7 Å². The molecule has 2 aromatic rings. The highest BCUT2D eigenvalue weighted by molar-refractivity contribution is 7.89. The standard InChI is InChI=1S/C19H18ClN3O5S/c20-14-5-6-17-13(11-14)12-28-19(24)23(17)15-7-9-22(10-8-15)29(26,27)18-4-2-1-3-16(18)21-25/h1-6,11,15H,7-10,12H2. The number of carbonyl (C=O) groups is 1. The van der Waals surface area contributed by atoms with Gasteiger partial charge in [0.05, 0.1) is 5.69 Å². The van der Waals surface area contributed by atoms with Crippen molar-refractivity contribution >= 4 is 39.1 Å². The summed E-state index contributed by atoms with van der Waals surface area (Å²) in [5, 5.41) is 3.39. The summed E-state index contributed by atoms with van der Waals surface area (Å²) in [5.41, 5.74) is 1.45. The maximum atomic E-state index is 13.0. The van der Waals surface area contributed by atoms with Crippen LogP contribution in [-0.4, -0.2) is 37.9 Å². The Balaban J connectivity index is 1.54. The number of rotatable bonds is 4. The van der Waals surface area contributed by atoms with Gasteiger partial charge in [-0.15, -0.1) is 4.91 Å². The van der Waals surface area contributed by atoms with Crippen molar-refractivity contribution in [2.45, 2.75) is 30.4 Å². The molecule has 29 heavy (non-hydrogen) atoms. The van der Waals surface area contributed by atoms with E-state index in [-0.39, 0.29) is 36.3 Å². The first-order chi connectivity index (χ1) is 13.9. The molecule has 152 valence electrons. The fourth-order valence-electron chi connectivity index (χ4n) is 3.79. The Bertz CT molecular complexity index is 1070. The summed E-state index contributed by atoms with van der Waals surface area (Å²) in [5.74, 6) is 0. The highest BCUT2D eigenvalue weighted by atomic mass is 35.5. The quantitative estimate of drug-likeness (QED) is 0.675. The van der Waals surface area contributed by atoms with E-state index in [0.717, 1.165) is 11.3 Å². The van der Waals surface area contributed by atoms with Crippen LogP contribution in [0.5, 0.6) is 0 Å². The zero-order valence-electron chi connectivity index (χ0n) is 15.3. The third-order valence-corrected chi connectivity index (χ3v) is 7.40. The summed E-state index contributed by atoms with van der Waals surface area (Å²) >= 11 is 6.04. The summed E-state index contributed by atoms with van der Waals surface area (Å²) in [6, 6.07) is 10.9. The lowest BCUT2D eigenvalue weighted by Gasteiger charge is -2.39. The van der Waals surface area contributed by atoms with Crippen molar-refractivity contribution in [3.8, 4) is 0 Å². The predicted molar refractivity (Wildman–Crippen MR) is 108 cm³/mol. The van der Waals surface area contributed by atoms with Gasteiger partial charge in [0, 0.05) is 29.7 Å². The second kappa shape index (κ2) is 7.74. The zero-order chi connectivity index (χ0) is 20.6. The molecule has 1 amide bonds. The number of carbonyl (C=O) groups excluding carboxylic acids is 1. The molecule has 2 heterocycles. The van der Waals surface area contributed by atoms with Crippen molar-refractivity contribution in [3.05, 3.63) is 58.0 Å². The van der Waals surface area contributed by atoms with Gasteiger partial charge in [-0.3, -0.25) is 4.90 Å². The van der Waals surface area contributed by atoms with E-state index in [0.29, 0.717) is 17.9 Å². The van der Waals surface area contributed by atoms with Crippen LogP contribution in [0.15, 0.2) is 52.5 Å². The lowest BCUT2D eigenvalue weighted by atomic mass is 10.0. The van der Waals surface area contributed by atoms with Gasteiger partial charge < -0.3 is 4.74 Å². The van der Waals surface area contributed by atoms with Gasteiger partial charge in [-0.2, -0.15) is 4.31 Å². The minimum absolute atomic E-state index is 0.106. The highest BCUT2D eigenvalue weighted by Gasteiger charge is 2.37. The molecule has 0 unspecified atom stereocenters. The van der Waals surface area contributed by atoms with Gasteiger partial charge in [0.2, 0.25) is 10.0 Å². The molecule has 2 aliphatic rings. The minimum atomic E-state index is -3.85. The van der Waals surface area contributed by atoms with Crippen LogP contribution in [0.3, 0.4) is 0 Å². The van der Waals surface area contributed by atoms with Gasteiger partial charge in [0.1, 0.15) is 17.2 Å². The van der Waals surface area contributed by atoms with E-state index >= 15 is 0 Å². The number of hydrogen-bond donors (Lipinski definition) is 0. The average Bonchev–Trinajstić information content (AvgIpc) is 2.74. The third kappa shape index (κ3) is 3.61. The topological polar surface area (TPSA) is 96.4 Å². The Labute approximate surface area is 173 Å². The molecule has 2 aliphatic heterocycles. The van der Waals surface area contributed by atoms with Gasteiger partial charge >= 0.3 is 6.09 Å². The Hall–Kier alpha value is -2.49. The third-order valence-electron chi connectivity index (χ3n) is 5.22. The van der Waals surface area contributed by atoms with Crippen LogP contribution in [0.2, 0.25) is 5.02 Å². The monoisotopic (exact) mass is 435 g/mol. The number of nitrogens with zero attached hydrogens (tertiary/aromatic N) is 3. The van der Waals surface area contributed by atoms with E-state index in [1.807, 2.05) is 0 Å². The lowest BCUT2D eigenvalue weighted by molar-refractivity contribution is 0.136. The van der Waals surface area contributed by atoms with Crippen molar-refractivity contribution in [1.29, 1.82) is 0 Å². The van der Waals surface area contributed by atoms with E-state index in [9.17, 15) is 18.1 Å². The first kappa shape index (κ1) is 19.8. The molecule has 1 fully saturated rings. The van der Waals surface area contributed by atoms with E-state index in [1.54, 1.807) is 35.2 Å². The molecule has 2 aromatic carbocycles. The van der Waals surface area contributed by atoms with Gasteiger partial charge in [0.15, 0.2) is 0 Å². The van der Waals surface area contributed by atoms with Crippen LogP contribution in [0.4, 0.5) is 16.2 Å². The van der Waals surface area contributed by atoms with Gasteiger partial charge in [0.25, 0.3) is 0 Å². The van der Waals surface area contributed by atoms with Crippen molar-refractivity contribution in [3.63, 3.8) is 0 Å². The molecule has 0 spiro atoms. The summed E-state index contributed by atoms with van der Waals surface area (Å²) in [7, 11) is -3.85. The summed E-state index contributed by atoms with van der Waals surface area (Å²) in [6.07, 6.45) is 0.428. The Morgan fingerprint density at radius 3 is 2.55 bits per heavy atom. The van der Waals surface area contributed by atoms with Crippen molar-refractivity contribution in [2.75, 3.05) is 18.0 Å². The Morgan fingerprint density at radius 1 is 1.10 bits per heavy atom. The van der Waals surface area contributed by atoms with Crippen LogP contribution in [0, 0.1) is 4.91 Å². The van der Waals surface area contributed by atoms with Crippen molar-refractivity contribution in [1.82, 2.24) is 4.31 Å². The molecular weight excluding hydrogens is 418 g/mol. The van der Waals surface area contributed by atoms with E-state index in [4.69, 9.17) is 16.3 Å². The van der Waals surface area contributed by atoms with Crippen molar-refractivity contribution in [2.24, 2.45) is 5.18 Å². The molecule has 0 saturated carbocycles. The predicted octanol–water partition coefficient (Wildman–Crippen LogP) is 4.05. The smallest absolute Gasteiger partial charge is 0.414 e. The first-order valence-electron chi connectivity index (χ1n) is 9.09. The largest absolute Gasteiger partial charge is 0.444 e. The Morgan fingerprint density at radius 2 is 1.83 bits per heavy atom. The molecule has 10 heteroatoms. The number of piperidine rings is 1. The normalized spacial score (nSPS) is 18.2. The number of fused-ring (bicyclic) bond motifs is 1. The van der Waals surface area contributed by atoms with Gasteiger partial charge in [-0.05, 0) is 48.4 Å². The molecule has 0 radical (unpaired) electrons. The van der Waals surface area contributed by atoms with E-state index in [1.165, 1.54) is 16.4 Å². The second-order valence-electron chi connectivity index (χ2n) is 6.89. The number of nitroso groups, excluding NO2 is 1. The minimum Gasteiger partial charge on any atom is -0.444 e. The van der Waals surface area contributed by atoms with Crippen LogP contribution in [-0.2, 0) is 21.4 Å². The zero-order valence-corrected chi connectivity index (χ0v) is 16.9. The first-order valence-corrected chi connectivity index (χ1v) is 10.9. The summed E-state index contributed by atoms with van der Waals surface area (Å²) in [6.45, 7) is 0.591. The van der Waals surface area contributed by atoms with Crippen LogP contribution < -0.4 is 4.90 Å². The molecule has 4 rings (SSSR count). The number of benzene rings is 2. The van der Waals surface area contributed by atoms with Crippen LogP contribution in [0.1, 0.15) is 18.4 Å². The number of amides is 1. The van der Waals surface area contributed by atoms with Crippen LogP contribution in [0.25, 0.3) is 0 Å². The number of sulfonamides is 1. The second-order valence-corrected chi connectivity index (χ2v) is 9.23. The summed E-state index contributed by atoms with van der Waals surface area (Å²) in [4.78, 5) is 24.9. The van der Waals surface area contributed by atoms with E-state index < -0.39 is 16.1 Å². The summed E-state index contributed by atoms with van der Waals surface area (Å²) < 4.78 is 32.5. The van der Waals surface area contributed by atoms with Crippen molar-refractivity contribution < 1.29 is 17.9 Å². The fourth-order valence-corrected chi connectivity index (χ4v) is 5.57. The molecule has 0 aliphatic carbocycles. The number of cyclic esters (lactones) is 1. The average molecular weight is 436 g/mol. The molecule has 0 atom stereocenters. The molecule has 0 bridgehead atoms. The molecule has 0 aromatic heterocycles. The number of ether oxygens (including phenoxy) is 1. The van der Waals surface area contributed by atoms with Gasteiger partial charge in [-0.25, -0.2) is 13.2 Å². The SMILES string of the molecule is O=Nc1ccccc1S(=O)(=O)N1CCC(N2C(=O)OCc3cc(Cl)ccc32)CC1. The molecule has 0 N–H and O–H groups in total. The molecular formula is C19H18ClN3O5S. The number of halogens is 1. The highest BCUT2D eigenvalue weighted by Crippen LogP contribution is 2.35.